The molecule has 2 rings (SSSR count). The van der Waals surface area contributed by atoms with Gasteiger partial charge in [-0.05, 0) is 35.3 Å². The Hall–Kier alpha value is -1.77. The predicted molar refractivity (Wildman–Crippen MR) is 109 cm³/mol. The zero-order chi connectivity index (χ0) is 19.1. The third-order valence-electron chi connectivity index (χ3n) is 3.95. The number of nitrogens with zero attached hydrogens (tertiary/aromatic N) is 3. The van der Waals surface area contributed by atoms with Crippen molar-refractivity contribution in [3.05, 3.63) is 22.8 Å². The van der Waals surface area contributed by atoms with E-state index in [2.05, 4.69) is 32.8 Å². The van der Waals surface area contributed by atoms with Gasteiger partial charge in [-0.15, -0.1) is 0 Å². The number of nitrogens with two attached hydrogens (primary N) is 1. The van der Waals surface area contributed by atoms with Gasteiger partial charge >= 0.3 is 0 Å². The normalized spacial score (nSPS) is 12.3. The largest absolute Gasteiger partial charge is 0.391 e. The summed E-state index contributed by atoms with van der Waals surface area (Å²) in [6.45, 7) is 4.91. The Morgan fingerprint density at radius 1 is 1.42 bits per heavy atom. The highest BCUT2D eigenvalue weighted by molar-refractivity contribution is 9.10. The maximum absolute atomic E-state index is 10.4. The number of aromatic nitrogens is 2. The van der Waals surface area contributed by atoms with Gasteiger partial charge in [0.1, 0.15) is 23.8 Å². The van der Waals surface area contributed by atoms with Gasteiger partial charge in [-0.25, -0.2) is 4.98 Å². The third kappa shape index (κ3) is 5.36. The molecule has 1 unspecified atom stereocenters. The fourth-order valence-corrected chi connectivity index (χ4v) is 2.99. The lowest BCUT2D eigenvalue weighted by Gasteiger charge is -2.28. The molecule has 7 nitrogen and oxygen atoms in total. The van der Waals surface area contributed by atoms with Crippen LogP contribution in [0.3, 0.4) is 0 Å². The lowest BCUT2D eigenvalue weighted by Crippen LogP contribution is -2.39. The smallest absolute Gasteiger partial charge is 0.127 e. The Morgan fingerprint density at radius 2 is 2.19 bits per heavy atom. The molecular weight excluding hydrogens is 398 g/mol. The summed E-state index contributed by atoms with van der Waals surface area (Å²) in [4.78, 5) is 10.5. The standard InChI is InChI=1S/C18H26BrN5O2/c1-3-5-6-13(25)10-24(17(21)11-26-4-2)15-8-16(20)23-14-7-12(19)9-22-18(14)15/h7-9,13,21,25H,3-6,10-11H2,1-2H3,(H2,20,23). The molecule has 0 radical (unpaired) electrons. The molecule has 8 heteroatoms. The number of pyridine rings is 2. The number of unbranched alkanes of at least 4 members (excludes halogenated alkanes) is 1. The van der Waals surface area contributed by atoms with Crippen LogP contribution in [0.25, 0.3) is 11.0 Å². The van der Waals surface area contributed by atoms with Gasteiger partial charge in [0, 0.05) is 23.3 Å². The van der Waals surface area contributed by atoms with Crippen LogP contribution in [0.5, 0.6) is 0 Å². The number of hydrogen-bond donors (Lipinski definition) is 3. The fourth-order valence-electron chi connectivity index (χ4n) is 2.67. The van der Waals surface area contributed by atoms with Gasteiger partial charge in [0.25, 0.3) is 0 Å². The summed E-state index contributed by atoms with van der Waals surface area (Å²) in [5.41, 5.74) is 7.89. The zero-order valence-electron chi connectivity index (χ0n) is 15.2. The van der Waals surface area contributed by atoms with Crippen molar-refractivity contribution < 1.29 is 9.84 Å². The minimum Gasteiger partial charge on any atom is -0.391 e. The van der Waals surface area contributed by atoms with E-state index < -0.39 is 6.10 Å². The van der Waals surface area contributed by atoms with E-state index in [-0.39, 0.29) is 19.0 Å². The molecule has 0 saturated carbocycles. The van der Waals surface area contributed by atoms with Crippen molar-refractivity contribution in [3.8, 4) is 0 Å². The maximum atomic E-state index is 10.4. The molecule has 0 amide bonds. The van der Waals surface area contributed by atoms with Crippen molar-refractivity contribution in [2.45, 2.75) is 39.2 Å². The third-order valence-corrected chi connectivity index (χ3v) is 4.39. The highest BCUT2D eigenvalue weighted by atomic mass is 79.9. The molecule has 1 atom stereocenters. The summed E-state index contributed by atoms with van der Waals surface area (Å²) >= 11 is 3.39. The van der Waals surface area contributed by atoms with Crippen LogP contribution in [0.2, 0.25) is 0 Å². The van der Waals surface area contributed by atoms with Crippen LogP contribution in [0.1, 0.15) is 33.1 Å². The van der Waals surface area contributed by atoms with Gasteiger partial charge in [0.05, 0.1) is 23.9 Å². The summed E-state index contributed by atoms with van der Waals surface area (Å²) < 4.78 is 6.20. The van der Waals surface area contributed by atoms with Crippen LogP contribution < -0.4 is 10.6 Å². The van der Waals surface area contributed by atoms with Crippen LogP contribution in [-0.2, 0) is 4.74 Å². The van der Waals surface area contributed by atoms with E-state index in [1.54, 1.807) is 17.2 Å². The molecular formula is C18H26BrN5O2. The minimum absolute atomic E-state index is 0.150. The Labute approximate surface area is 162 Å². The summed E-state index contributed by atoms with van der Waals surface area (Å²) in [7, 11) is 0. The predicted octanol–water partition coefficient (Wildman–Crippen LogP) is 3.35. The summed E-state index contributed by atoms with van der Waals surface area (Å²) in [5, 5.41) is 18.9. The van der Waals surface area contributed by atoms with E-state index in [0.29, 0.717) is 35.6 Å². The van der Waals surface area contributed by atoms with E-state index in [1.807, 2.05) is 13.0 Å². The number of aliphatic hydroxyl groups excluding tert-OH is 1. The number of amidine groups is 1. The number of hydrogen-bond acceptors (Lipinski definition) is 6. The van der Waals surface area contributed by atoms with Crippen LogP contribution in [0, 0.1) is 5.41 Å². The number of rotatable bonds is 9. The first-order valence-electron chi connectivity index (χ1n) is 8.78. The molecule has 2 heterocycles. The number of fused-ring (bicyclic) bond motifs is 1. The molecule has 0 aromatic carbocycles. The van der Waals surface area contributed by atoms with E-state index in [0.717, 1.165) is 17.3 Å². The number of ether oxygens (including phenoxy) is 1. The summed E-state index contributed by atoms with van der Waals surface area (Å²) in [6, 6.07) is 3.52. The van der Waals surface area contributed by atoms with Crippen LogP contribution in [0.4, 0.5) is 11.5 Å². The molecule has 142 valence electrons. The van der Waals surface area contributed by atoms with E-state index in [4.69, 9.17) is 15.9 Å². The minimum atomic E-state index is -0.559. The van der Waals surface area contributed by atoms with Crippen molar-refractivity contribution in [1.82, 2.24) is 9.97 Å². The van der Waals surface area contributed by atoms with Gasteiger partial charge in [0.15, 0.2) is 0 Å². The first-order valence-corrected chi connectivity index (χ1v) is 9.58. The topological polar surface area (TPSA) is 108 Å². The number of nitrogens with one attached hydrogen (secondary N) is 1. The monoisotopic (exact) mass is 423 g/mol. The summed E-state index contributed by atoms with van der Waals surface area (Å²) in [5.74, 6) is 0.587. The van der Waals surface area contributed by atoms with Gasteiger partial charge < -0.3 is 20.5 Å². The Balaban J connectivity index is 2.43. The molecule has 0 fully saturated rings. The van der Waals surface area contributed by atoms with E-state index in [9.17, 15) is 5.11 Å². The highest BCUT2D eigenvalue weighted by Gasteiger charge is 2.21. The fraction of sp³-hybridized carbons (Fsp3) is 0.500. The second-order valence-electron chi connectivity index (χ2n) is 6.08. The van der Waals surface area contributed by atoms with Gasteiger partial charge in [-0.1, -0.05) is 19.8 Å². The van der Waals surface area contributed by atoms with Crippen molar-refractivity contribution in [3.63, 3.8) is 0 Å². The average molecular weight is 424 g/mol. The SMILES string of the molecule is CCCCC(O)CN(C(=N)COCC)c1cc(N)nc2cc(Br)cnc12. The second kappa shape index (κ2) is 9.80. The van der Waals surface area contributed by atoms with Gasteiger partial charge in [-0.2, -0.15) is 0 Å². The van der Waals surface area contributed by atoms with E-state index in [1.165, 1.54) is 0 Å². The number of aliphatic hydroxyl groups is 1. The van der Waals surface area contributed by atoms with Crippen LogP contribution in [-0.4, -0.2) is 46.8 Å². The average Bonchev–Trinajstić information content (AvgIpc) is 2.61. The first-order chi connectivity index (χ1) is 12.5. The lowest BCUT2D eigenvalue weighted by atomic mass is 10.1. The quantitative estimate of drug-likeness (QED) is 0.421. The van der Waals surface area contributed by atoms with Crippen molar-refractivity contribution in [2.75, 3.05) is 30.4 Å². The molecule has 2 aromatic heterocycles. The molecule has 0 aliphatic heterocycles. The zero-order valence-corrected chi connectivity index (χ0v) is 16.8. The Bertz CT molecular complexity index is 750. The highest BCUT2D eigenvalue weighted by Crippen LogP contribution is 2.28. The van der Waals surface area contributed by atoms with Crippen molar-refractivity contribution >= 4 is 44.3 Å². The van der Waals surface area contributed by atoms with Crippen molar-refractivity contribution in [1.29, 1.82) is 5.41 Å². The molecule has 26 heavy (non-hydrogen) atoms. The Kier molecular flexibility index (Phi) is 7.74. The number of anilines is 2. The van der Waals surface area contributed by atoms with Gasteiger partial charge in [0.2, 0.25) is 0 Å². The molecule has 0 aliphatic carbocycles. The molecule has 2 aromatic rings. The molecule has 4 N–H and O–H groups in total. The second-order valence-corrected chi connectivity index (χ2v) is 6.99. The number of halogens is 1. The molecule has 0 saturated heterocycles. The summed E-state index contributed by atoms with van der Waals surface area (Å²) in [6.07, 6.45) is 3.73. The molecule has 0 aliphatic rings. The first kappa shape index (κ1) is 20.5. The maximum Gasteiger partial charge on any atom is 0.127 e. The lowest BCUT2D eigenvalue weighted by molar-refractivity contribution is 0.166. The van der Waals surface area contributed by atoms with Crippen LogP contribution >= 0.6 is 15.9 Å². The Morgan fingerprint density at radius 3 is 2.88 bits per heavy atom. The van der Waals surface area contributed by atoms with Crippen molar-refractivity contribution in [2.24, 2.45) is 0 Å². The van der Waals surface area contributed by atoms with Gasteiger partial charge in [-0.3, -0.25) is 10.4 Å². The molecule has 0 bridgehead atoms. The number of nitrogen functional groups attached to an aromatic ring is 1. The van der Waals surface area contributed by atoms with E-state index >= 15 is 0 Å². The van der Waals surface area contributed by atoms with Crippen LogP contribution in [0.15, 0.2) is 22.8 Å². The molecule has 0 spiro atoms.